The zero-order chi connectivity index (χ0) is 6.15. The van der Waals surface area contributed by atoms with Crippen LogP contribution < -0.4 is 0 Å². The Morgan fingerprint density at radius 3 is 2.38 bits per heavy atom. The van der Waals surface area contributed by atoms with Gasteiger partial charge in [0.25, 0.3) is 0 Å². The van der Waals surface area contributed by atoms with E-state index >= 15 is 0 Å². The number of amides is 1. The van der Waals surface area contributed by atoms with Gasteiger partial charge >= 0.3 is 5.91 Å². The zero-order valence-corrected chi connectivity index (χ0v) is 3.96. The summed E-state index contributed by atoms with van der Waals surface area (Å²) in [6.07, 6.45) is 0.492. The predicted octanol–water partition coefficient (Wildman–Crippen LogP) is -0.933. The standard InChI is InChI=1S/C4H3NO3/c6-3-1-4(7)5(8)2-3/h2H,1H2. The van der Waals surface area contributed by atoms with Crippen molar-refractivity contribution in [3.8, 4) is 0 Å². The molecule has 1 heterocycles. The fraction of sp³-hybridized carbons (Fsp3) is 0.250. The van der Waals surface area contributed by atoms with Gasteiger partial charge in [-0.3, -0.25) is 4.79 Å². The number of nitrogens with zero attached hydrogens (tertiary/aromatic N) is 1. The van der Waals surface area contributed by atoms with Crippen molar-refractivity contribution in [1.29, 1.82) is 0 Å². The highest BCUT2D eigenvalue weighted by Crippen LogP contribution is 1.92. The lowest BCUT2D eigenvalue weighted by atomic mass is 10.3. The number of carbonyl (C=O) groups excluding carboxylic acids is 2. The van der Waals surface area contributed by atoms with E-state index in [-0.39, 0.29) is 11.2 Å². The van der Waals surface area contributed by atoms with Crippen LogP contribution >= 0.6 is 0 Å². The van der Waals surface area contributed by atoms with Gasteiger partial charge in [0, 0.05) is 0 Å². The van der Waals surface area contributed by atoms with Gasteiger partial charge in [0.2, 0.25) is 12.0 Å². The highest BCUT2D eigenvalue weighted by molar-refractivity contribution is 6.33. The molecule has 0 fully saturated rings. The lowest BCUT2D eigenvalue weighted by molar-refractivity contribution is -0.371. The lowest BCUT2D eigenvalue weighted by Gasteiger charge is -1.86. The number of hydroxylamine groups is 1. The maximum atomic E-state index is 10.1. The first-order valence-corrected chi connectivity index (χ1v) is 2.07. The van der Waals surface area contributed by atoms with E-state index < -0.39 is 11.7 Å². The third kappa shape index (κ3) is 0.598. The average molecular weight is 113 g/mol. The molecule has 0 bridgehead atoms. The molecule has 0 unspecified atom stereocenters. The van der Waals surface area contributed by atoms with Gasteiger partial charge in [-0.15, -0.1) is 4.74 Å². The Kier molecular flexibility index (Phi) is 0.865. The summed E-state index contributed by atoms with van der Waals surface area (Å²) < 4.78 is 0.0579. The van der Waals surface area contributed by atoms with Crippen LogP contribution in [0.5, 0.6) is 0 Å². The first-order valence-electron chi connectivity index (χ1n) is 2.07. The largest absolute Gasteiger partial charge is 0.616 e. The van der Waals surface area contributed by atoms with Gasteiger partial charge in [-0.2, -0.15) is 0 Å². The second-order valence-corrected chi connectivity index (χ2v) is 1.49. The van der Waals surface area contributed by atoms with Gasteiger partial charge in [0.05, 0.1) is 0 Å². The van der Waals surface area contributed by atoms with E-state index in [9.17, 15) is 14.8 Å². The van der Waals surface area contributed by atoms with E-state index in [1.807, 2.05) is 0 Å². The summed E-state index contributed by atoms with van der Waals surface area (Å²) in [6.45, 7) is 0. The number of carbonyl (C=O) groups is 2. The second-order valence-electron chi connectivity index (χ2n) is 1.49. The van der Waals surface area contributed by atoms with E-state index in [1.54, 1.807) is 0 Å². The average Bonchev–Trinajstić information content (AvgIpc) is 1.85. The molecule has 1 rings (SSSR count). The zero-order valence-electron chi connectivity index (χ0n) is 3.96. The van der Waals surface area contributed by atoms with E-state index in [0.717, 1.165) is 6.21 Å². The Bertz CT molecular complexity index is 182. The van der Waals surface area contributed by atoms with Gasteiger partial charge in [-0.25, -0.2) is 4.79 Å². The molecule has 0 aromatic rings. The first kappa shape index (κ1) is 4.96. The Hall–Kier alpha value is -1.19. The SMILES string of the molecule is O=C1C=[N+]([O-])C(=O)C1. The highest BCUT2D eigenvalue weighted by Gasteiger charge is 2.24. The molecular formula is C4H3NO3. The van der Waals surface area contributed by atoms with Crippen LogP contribution in [0.25, 0.3) is 0 Å². The molecule has 1 aliphatic heterocycles. The molecular weight excluding hydrogens is 110 g/mol. The van der Waals surface area contributed by atoms with Crippen molar-refractivity contribution in [3.63, 3.8) is 0 Å². The number of rotatable bonds is 0. The number of hydrogen-bond acceptors (Lipinski definition) is 3. The summed E-state index contributed by atoms with van der Waals surface area (Å²) in [5.74, 6) is -1.08. The molecule has 0 saturated heterocycles. The maximum Gasteiger partial charge on any atom is 0.406 e. The number of ketones is 1. The monoisotopic (exact) mass is 113 g/mol. The normalized spacial score (nSPS) is 19.2. The van der Waals surface area contributed by atoms with Crippen LogP contribution in [0.2, 0.25) is 0 Å². The van der Waals surface area contributed by atoms with Crippen LogP contribution in [0.3, 0.4) is 0 Å². The number of Topliss-reactive ketones (excluding diaryl/α,β-unsaturated/α-hetero) is 1. The molecule has 0 aliphatic carbocycles. The van der Waals surface area contributed by atoms with Crippen LogP contribution in [-0.2, 0) is 9.59 Å². The summed E-state index contributed by atoms with van der Waals surface area (Å²) in [5.41, 5.74) is 0. The quantitative estimate of drug-likeness (QED) is 0.231. The van der Waals surface area contributed by atoms with E-state index in [4.69, 9.17) is 0 Å². The molecule has 1 aliphatic rings. The molecule has 42 valence electrons. The fourth-order valence-electron chi connectivity index (χ4n) is 0.475. The summed E-state index contributed by atoms with van der Waals surface area (Å²) in [6, 6.07) is 0. The van der Waals surface area contributed by atoms with E-state index in [2.05, 4.69) is 0 Å². The van der Waals surface area contributed by atoms with Gasteiger partial charge in [-0.1, -0.05) is 0 Å². The molecule has 0 aromatic carbocycles. The van der Waals surface area contributed by atoms with Crippen LogP contribution in [0.1, 0.15) is 6.42 Å². The first-order chi connectivity index (χ1) is 3.70. The van der Waals surface area contributed by atoms with Crippen molar-refractivity contribution in [2.24, 2.45) is 0 Å². The second kappa shape index (κ2) is 1.40. The Labute approximate surface area is 45.0 Å². The molecule has 4 heteroatoms. The summed E-state index contributed by atoms with van der Waals surface area (Å²) in [7, 11) is 0. The maximum absolute atomic E-state index is 10.1. The molecule has 0 N–H and O–H groups in total. The lowest BCUT2D eigenvalue weighted by Crippen LogP contribution is -2.05. The fourth-order valence-corrected chi connectivity index (χ4v) is 0.475. The van der Waals surface area contributed by atoms with E-state index in [1.165, 1.54) is 0 Å². The third-order valence-electron chi connectivity index (χ3n) is 0.833. The molecule has 1 amide bonds. The molecule has 4 nitrogen and oxygen atoms in total. The minimum Gasteiger partial charge on any atom is -0.616 e. The van der Waals surface area contributed by atoms with Gasteiger partial charge < -0.3 is 5.21 Å². The topological polar surface area (TPSA) is 60.2 Å². The Morgan fingerprint density at radius 2 is 2.25 bits per heavy atom. The third-order valence-corrected chi connectivity index (χ3v) is 0.833. The highest BCUT2D eigenvalue weighted by atomic mass is 16.5. The molecule has 0 radical (unpaired) electrons. The van der Waals surface area contributed by atoms with Crippen LogP contribution in [0.15, 0.2) is 0 Å². The molecule has 0 atom stereocenters. The molecule has 0 aromatic heterocycles. The minimum atomic E-state index is -0.671. The van der Waals surface area contributed by atoms with Crippen molar-refractivity contribution >= 4 is 17.9 Å². The molecule has 0 spiro atoms. The van der Waals surface area contributed by atoms with Gasteiger partial charge in [-0.05, 0) is 0 Å². The van der Waals surface area contributed by atoms with Crippen molar-refractivity contribution in [1.82, 2.24) is 0 Å². The van der Waals surface area contributed by atoms with Crippen molar-refractivity contribution in [2.45, 2.75) is 6.42 Å². The number of hydrogen-bond donors (Lipinski definition) is 0. The van der Waals surface area contributed by atoms with Crippen LogP contribution in [0, 0.1) is 5.21 Å². The van der Waals surface area contributed by atoms with Crippen LogP contribution in [0.4, 0.5) is 0 Å². The van der Waals surface area contributed by atoms with Gasteiger partial charge in [0.1, 0.15) is 6.42 Å². The summed E-state index contributed by atoms with van der Waals surface area (Å²) >= 11 is 0. The van der Waals surface area contributed by atoms with Crippen molar-refractivity contribution in [2.75, 3.05) is 0 Å². The van der Waals surface area contributed by atoms with Gasteiger partial charge in [0.15, 0.2) is 0 Å². The minimum absolute atomic E-state index is 0.0579. The Balaban J connectivity index is 2.88. The Morgan fingerprint density at radius 1 is 1.62 bits per heavy atom. The van der Waals surface area contributed by atoms with Crippen molar-refractivity contribution in [3.05, 3.63) is 5.21 Å². The van der Waals surface area contributed by atoms with E-state index in [0.29, 0.717) is 0 Å². The summed E-state index contributed by atoms with van der Waals surface area (Å²) in [5, 5.41) is 10.1. The smallest absolute Gasteiger partial charge is 0.406 e. The van der Waals surface area contributed by atoms with Crippen molar-refractivity contribution < 1.29 is 14.3 Å². The van der Waals surface area contributed by atoms with Crippen LogP contribution in [-0.4, -0.2) is 22.6 Å². The predicted molar refractivity (Wildman–Crippen MR) is 24.3 cm³/mol. The molecule has 0 saturated carbocycles. The molecule has 8 heavy (non-hydrogen) atoms. The summed E-state index contributed by atoms with van der Waals surface area (Å²) in [4.78, 5) is 20.3.